The van der Waals surface area contributed by atoms with Gasteiger partial charge in [-0.3, -0.25) is 24.5 Å². The van der Waals surface area contributed by atoms with Crippen LogP contribution in [0.1, 0.15) is 23.2 Å². The van der Waals surface area contributed by atoms with E-state index in [4.69, 9.17) is 37.8 Å². The number of hydrogen-bond acceptors (Lipinski definition) is 8. The second kappa shape index (κ2) is 15.5. The maximum Gasteiger partial charge on any atom is 0.410 e. The molecule has 3 amide bonds. The number of carbonyl (C=O) groups excluding carboxylic acids is 2. The van der Waals surface area contributed by atoms with Gasteiger partial charge in [-0.1, -0.05) is 41.4 Å². The van der Waals surface area contributed by atoms with E-state index in [-0.39, 0.29) is 36.3 Å². The number of ether oxygens (including phenoxy) is 2. The SMILES string of the molecule is COc1nc2c(OCc3c(Cl)ccc(N(C)C(=O)CNC(=O)CCc4ccc(NC(=O)O)nc4)c3Cl)cccc2n1Cc1ccccn1. The summed E-state index contributed by atoms with van der Waals surface area (Å²) in [5, 5.41) is 14.1. The highest BCUT2D eigenvalue weighted by molar-refractivity contribution is 6.38. The molecule has 0 spiro atoms. The van der Waals surface area contributed by atoms with Crippen LogP contribution in [0.25, 0.3) is 11.0 Å². The molecule has 13 nitrogen and oxygen atoms in total. The summed E-state index contributed by atoms with van der Waals surface area (Å²) in [6.07, 6.45) is 2.45. The molecule has 48 heavy (non-hydrogen) atoms. The van der Waals surface area contributed by atoms with Crippen molar-refractivity contribution in [1.29, 1.82) is 0 Å². The van der Waals surface area contributed by atoms with Gasteiger partial charge in [0.15, 0.2) is 0 Å². The van der Waals surface area contributed by atoms with Gasteiger partial charge in [-0.15, -0.1) is 0 Å². The van der Waals surface area contributed by atoms with E-state index in [1.807, 2.05) is 34.9 Å². The second-order valence-electron chi connectivity index (χ2n) is 10.5. The zero-order chi connectivity index (χ0) is 34.2. The summed E-state index contributed by atoms with van der Waals surface area (Å²) in [5.41, 5.74) is 3.80. The summed E-state index contributed by atoms with van der Waals surface area (Å²) >= 11 is 13.3. The van der Waals surface area contributed by atoms with E-state index >= 15 is 0 Å². The Balaban J connectivity index is 1.22. The third kappa shape index (κ3) is 8.11. The Morgan fingerprint density at radius 3 is 2.56 bits per heavy atom. The lowest BCUT2D eigenvalue weighted by atomic mass is 10.1. The van der Waals surface area contributed by atoms with Gasteiger partial charge in [-0.2, -0.15) is 4.98 Å². The molecule has 5 aromatic rings. The lowest BCUT2D eigenvalue weighted by Gasteiger charge is -2.21. The summed E-state index contributed by atoms with van der Waals surface area (Å²) in [6, 6.07) is 18.1. The van der Waals surface area contributed by atoms with Gasteiger partial charge in [0.1, 0.15) is 23.7 Å². The Bertz CT molecular complexity index is 1940. The number of likely N-dealkylation sites (N-methyl/N-ethyl adjacent to an activating group) is 1. The highest BCUT2D eigenvalue weighted by Gasteiger charge is 2.21. The highest BCUT2D eigenvalue weighted by atomic mass is 35.5. The normalized spacial score (nSPS) is 10.8. The third-order valence-corrected chi connectivity index (χ3v) is 8.12. The van der Waals surface area contributed by atoms with Gasteiger partial charge in [0.25, 0.3) is 6.01 Å². The van der Waals surface area contributed by atoms with Crippen molar-refractivity contribution < 1.29 is 29.0 Å². The Morgan fingerprint density at radius 2 is 1.85 bits per heavy atom. The van der Waals surface area contributed by atoms with Crippen molar-refractivity contribution in [2.45, 2.75) is 26.0 Å². The average molecular weight is 693 g/mol. The number of amides is 3. The Kier molecular flexibility index (Phi) is 10.9. The fraction of sp³-hybridized carbons (Fsp3) is 0.212. The number of halogens is 2. The molecule has 3 aromatic heterocycles. The zero-order valence-corrected chi connectivity index (χ0v) is 27.5. The number of nitrogens with zero attached hydrogens (tertiary/aromatic N) is 5. The minimum Gasteiger partial charge on any atom is -0.486 e. The Hall–Kier alpha value is -5.40. The van der Waals surface area contributed by atoms with Crippen LogP contribution in [0.15, 0.2) is 73.1 Å². The van der Waals surface area contributed by atoms with E-state index < -0.39 is 12.0 Å². The van der Waals surface area contributed by atoms with Crippen LogP contribution in [-0.2, 0) is 29.2 Å². The summed E-state index contributed by atoms with van der Waals surface area (Å²) in [6.45, 7) is 0.176. The van der Waals surface area contributed by atoms with Gasteiger partial charge < -0.3 is 24.8 Å². The Labute approximate surface area is 285 Å². The number of imidazole rings is 1. The van der Waals surface area contributed by atoms with Crippen LogP contribution in [0.4, 0.5) is 16.3 Å². The number of rotatable bonds is 13. The van der Waals surface area contributed by atoms with Crippen LogP contribution in [0.3, 0.4) is 0 Å². The van der Waals surface area contributed by atoms with Crippen LogP contribution in [-0.4, -0.2) is 63.2 Å². The molecule has 0 fully saturated rings. The molecular weight excluding hydrogens is 661 g/mol. The molecule has 0 radical (unpaired) electrons. The minimum atomic E-state index is -1.22. The van der Waals surface area contributed by atoms with E-state index in [2.05, 4.69) is 25.6 Å². The monoisotopic (exact) mass is 691 g/mol. The molecule has 248 valence electrons. The van der Waals surface area contributed by atoms with Crippen molar-refractivity contribution in [2.75, 3.05) is 30.9 Å². The first-order chi connectivity index (χ1) is 23.1. The van der Waals surface area contributed by atoms with Gasteiger partial charge >= 0.3 is 6.09 Å². The molecule has 0 saturated carbocycles. The molecule has 0 unspecified atom stereocenters. The number of para-hydroxylation sites is 1. The van der Waals surface area contributed by atoms with Crippen molar-refractivity contribution in [3.63, 3.8) is 0 Å². The van der Waals surface area contributed by atoms with Crippen LogP contribution in [0.5, 0.6) is 11.8 Å². The molecule has 0 saturated heterocycles. The topological polar surface area (TPSA) is 161 Å². The molecule has 15 heteroatoms. The van der Waals surface area contributed by atoms with Gasteiger partial charge in [0, 0.05) is 36.4 Å². The van der Waals surface area contributed by atoms with Gasteiger partial charge in [0.2, 0.25) is 11.8 Å². The minimum absolute atomic E-state index is 0.0129. The largest absolute Gasteiger partial charge is 0.486 e. The van der Waals surface area contributed by atoms with E-state index in [1.165, 1.54) is 17.2 Å². The second-order valence-corrected chi connectivity index (χ2v) is 11.3. The lowest BCUT2D eigenvalue weighted by molar-refractivity contribution is -0.124. The van der Waals surface area contributed by atoms with Gasteiger partial charge in [-0.25, -0.2) is 9.78 Å². The van der Waals surface area contributed by atoms with Gasteiger partial charge in [-0.05, 0) is 54.4 Å². The molecule has 0 aliphatic carbocycles. The fourth-order valence-corrected chi connectivity index (χ4v) is 5.44. The summed E-state index contributed by atoms with van der Waals surface area (Å²) in [7, 11) is 3.10. The van der Waals surface area contributed by atoms with E-state index in [0.717, 1.165) is 16.8 Å². The fourth-order valence-electron chi connectivity index (χ4n) is 4.83. The number of hydrogen-bond donors (Lipinski definition) is 3. The predicted molar refractivity (Wildman–Crippen MR) is 181 cm³/mol. The first-order valence-electron chi connectivity index (χ1n) is 14.7. The summed E-state index contributed by atoms with van der Waals surface area (Å²) in [5.74, 6) is -0.0735. The number of carbonyl (C=O) groups is 3. The number of nitrogens with one attached hydrogen (secondary N) is 2. The highest BCUT2D eigenvalue weighted by Crippen LogP contribution is 2.36. The number of anilines is 2. The number of benzene rings is 2. The number of aryl methyl sites for hydroxylation is 1. The van der Waals surface area contributed by atoms with Crippen LogP contribution in [0, 0.1) is 0 Å². The van der Waals surface area contributed by atoms with Crippen molar-refractivity contribution in [3.05, 3.63) is 99.9 Å². The van der Waals surface area contributed by atoms with E-state index in [1.54, 1.807) is 44.6 Å². The van der Waals surface area contributed by atoms with Crippen molar-refractivity contribution in [3.8, 4) is 11.8 Å². The molecule has 2 aromatic carbocycles. The predicted octanol–water partition coefficient (Wildman–Crippen LogP) is 5.57. The molecule has 0 aliphatic heterocycles. The lowest BCUT2D eigenvalue weighted by Crippen LogP contribution is -2.38. The maximum absolute atomic E-state index is 13.0. The van der Waals surface area contributed by atoms with Gasteiger partial charge in [0.05, 0.1) is 42.1 Å². The van der Waals surface area contributed by atoms with E-state index in [9.17, 15) is 14.4 Å². The molecule has 3 heterocycles. The molecule has 0 atom stereocenters. The van der Waals surface area contributed by atoms with Crippen molar-refractivity contribution in [1.82, 2.24) is 24.8 Å². The van der Waals surface area contributed by atoms with Crippen LogP contribution >= 0.6 is 23.2 Å². The number of methoxy groups -OCH3 is 1. The molecule has 0 aliphatic rings. The number of pyridine rings is 2. The molecule has 3 N–H and O–H groups in total. The van der Waals surface area contributed by atoms with Crippen LogP contribution in [0.2, 0.25) is 10.0 Å². The number of fused-ring (bicyclic) bond motifs is 1. The molecular formula is C33H31Cl2N7O6. The quantitative estimate of drug-likeness (QED) is 0.143. The summed E-state index contributed by atoms with van der Waals surface area (Å²) in [4.78, 5) is 50.5. The number of aromatic nitrogens is 4. The molecule has 0 bridgehead atoms. The summed E-state index contributed by atoms with van der Waals surface area (Å²) < 4.78 is 13.6. The maximum atomic E-state index is 13.0. The van der Waals surface area contributed by atoms with Crippen molar-refractivity contribution >= 4 is 63.6 Å². The third-order valence-electron chi connectivity index (χ3n) is 7.35. The van der Waals surface area contributed by atoms with Crippen molar-refractivity contribution in [2.24, 2.45) is 0 Å². The van der Waals surface area contributed by atoms with Crippen LogP contribution < -0.4 is 25.0 Å². The first-order valence-corrected chi connectivity index (χ1v) is 15.4. The standard InChI is InChI=1S/C33H31Cl2N7O6/c1-41(29(44)17-38-28(43)14-10-20-9-13-27(37-16-20)39-33(45)46)24-12-11-23(34)22(30(24)35)19-48-26-8-5-7-25-31(26)40-32(47-2)42(25)18-21-6-3-4-15-36-21/h3-9,11-13,15-16H,10,14,17-19H2,1-2H3,(H,37,39)(H,38,43)(H,45,46). The van der Waals surface area contributed by atoms with E-state index in [0.29, 0.717) is 46.5 Å². The average Bonchev–Trinajstić information content (AvgIpc) is 3.44. The molecule has 5 rings (SSSR count). The number of carboxylic acid groups (broad SMARTS) is 1. The Morgan fingerprint density at radius 1 is 1.02 bits per heavy atom. The zero-order valence-electron chi connectivity index (χ0n) is 25.9. The first kappa shape index (κ1) is 33.9. The smallest absolute Gasteiger partial charge is 0.410 e.